The maximum Gasteiger partial charge on any atom is 0.123 e. The number of rotatable bonds is 2. The lowest BCUT2D eigenvalue weighted by molar-refractivity contribution is 0.628. The van der Waals surface area contributed by atoms with Crippen LogP contribution in [0.15, 0.2) is 54.6 Å². The first-order chi connectivity index (χ1) is 11.2. The third kappa shape index (κ3) is 2.56. The van der Waals surface area contributed by atoms with Crippen molar-refractivity contribution in [1.82, 2.24) is 4.98 Å². The maximum atomic E-state index is 13.3. The molecule has 1 fully saturated rings. The number of anilines is 1. The van der Waals surface area contributed by atoms with E-state index in [1.807, 2.05) is 30.3 Å². The number of hydrogen-bond donors (Lipinski definition) is 0. The molecule has 0 saturated carbocycles. The number of nitrogens with zero attached hydrogens (tertiary/aromatic N) is 2. The topological polar surface area (TPSA) is 16.1 Å². The van der Waals surface area contributed by atoms with Crippen molar-refractivity contribution in [1.29, 1.82) is 0 Å². The third-order valence-corrected chi connectivity index (χ3v) is 4.68. The minimum Gasteiger partial charge on any atom is -0.367 e. The van der Waals surface area contributed by atoms with Crippen LogP contribution in [0.5, 0.6) is 0 Å². The van der Waals surface area contributed by atoms with Gasteiger partial charge < -0.3 is 4.90 Å². The minimum atomic E-state index is -0.217. The Morgan fingerprint density at radius 2 is 1.87 bits per heavy atom. The van der Waals surface area contributed by atoms with E-state index in [4.69, 9.17) is 4.98 Å². The summed E-state index contributed by atoms with van der Waals surface area (Å²) in [5.41, 5.74) is 4.03. The van der Waals surface area contributed by atoms with Gasteiger partial charge in [-0.2, -0.15) is 0 Å². The highest BCUT2D eigenvalue weighted by molar-refractivity contribution is 5.89. The first-order valence-corrected chi connectivity index (χ1v) is 8.15. The summed E-state index contributed by atoms with van der Waals surface area (Å²) in [4.78, 5) is 7.32. The molecule has 3 heteroatoms. The number of pyridine rings is 1. The van der Waals surface area contributed by atoms with Crippen LogP contribution >= 0.6 is 0 Å². The second kappa shape index (κ2) is 5.65. The van der Waals surface area contributed by atoms with Gasteiger partial charge in [-0.1, -0.05) is 18.2 Å². The van der Waals surface area contributed by atoms with Crippen LogP contribution in [0.2, 0.25) is 0 Å². The van der Waals surface area contributed by atoms with Gasteiger partial charge in [0.15, 0.2) is 0 Å². The molecule has 1 aromatic heterocycles. The molecule has 2 nitrogen and oxygen atoms in total. The second-order valence-corrected chi connectivity index (χ2v) is 6.24. The Balaban J connectivity index is 1.94. The van der Waals surface area contributed by atoms with Gasteiger partial charge >= 0.3 is 0 Å². The molecule has 4 rings (SSSR count). The highest BCUT2D eigenvalue weighted by Gasteiger charge is 2.24. The van der Waals surface area contributed by atoms with E-state index in [-0.39, 0.29) is 5.82 Å². The average molecular weight is 306 g/mol. The highest BCUT2D eigenvalue weighted by atomic mass is 19.1. The smallest absolute Gasteiger partial charge is 0.123 e. The molecule has 0 unspecified atom stereocenters. The molecule has 1 atom stereocenters. The van der Waals surface area contributed by atoms with E-state index in [0.29, 0.717) is 6.04 Å². The number of fused-ring (bicyclic) bond motifs is 1. The zero-order valence-electron chi connectivity index (χ0n) is 13.2. The fourth-order valence-corrected chi connectivity index (χ4v) is 3.44. The minimum absolute atomic E-state index is 0.217. The van der Waals surface area contributed by atoms with Crippen LogP contribution in [-0.4, -0.2) is 17.6 Å². The average Bonchev–Trinajstić information content (AvgIpc) is 3.00. The summed E-state index contributed by atoms with van der Waals surface area (Å²) >= 11 is 0. The lowest BCUT2D eigenvalue weighted by Gasteiger charge is -2.26. The van der Waals surface area contributed by atoms with Crippen molar-refractivity contribution in [3.8, 4) is 11.3 Å². The van der Waals surface area contributed by atoms with Gasteiger partial charge in [-0.15, -0.1) is 0 Å². The molecule has 1 aliphatic rings. The van der Waals surface area contributed by atoms with Crippen LogP contribution < -0.4 is 4.90 Å². The lowest BCUT2D eigenvalue weighted by atomic mass is 10.1. The van der Waals surface area contributed by atoms with Gasteiger partial charge in [0.2, 0.25) is 0 Å². The van der Waals surface area contributed by atoms with E-state index >= 15 is 0 Å². The van der Waals surface area contributed by atoms with Gasteiger partial charge in [0, 0.05) is 23.5 Å². The van der Waals surface area contributed by atoms with Crippen LogP contribution in [-0.2, 0) is 0 Å². The molecular weight excluding hydrogens is 287 g/mol. The molecule has 116 valence electrons. The van der Waals surface area contributed by atoms with Gasteiger partial charge in [0.05, 0.1) is 16.9 Å². The molecule has 0 amide bonds. The quantitative estimate of drug-likeness (QED) is 0.660. The molecular formula is C20H19FN2. The van der Waals surface area contributed by atoms with Crippen LogP contribution in [0.25, 0.3) is 22.2 Å². The number of benzene rings is 2. The summed E-state index contributed by atoms with van der Waals surface area (Å²) in [6.07, 6.45) is 2.41. The lowest BCUT2D eigenvalue weighted by Crippen LogP contribution is -2.27. The first kappa shape index (κ1) is 14.2. The molecule has 0 N–H and O–H groups in total. The number of hydrogen-bond acceptors (Lipinski definition) is 2. The van der Waals surface area contributed by atoms with Crippen molar-refractivity contribution < 1.29 is 4.39 Å². The standard InChI is InChI=1S/C20H19FN2/c1-14-5-4-12-23(14)19-13-16-6-2-3-7-18(16)22-20(19)15-8-10-17(21)11-9-15/h2-3,6-11,13-14H,4-5,12H2,1H3/t14-/m1/s1. The Kier molecular flexibility index (Phi) is 3.49. The van der Waals surface area contributed by atoms with Crippen molar-refractivity contribution in [2.75, 3.05) is 11.4 Å². The predicted molar refractivity (Wildman–Crippen MR) is 93.2 cm³/mol. The zero-order valence-corrected chi connectivity index (χ0v) is 13.2. The van der Waals surface area contributed by atoms with Crippen molar-refractivity contribution in [3.63, 3.8) is 0 Å². The van der Waals surface area contributed by atoms with Gasteiger partial charge in [-0.05, 0) is 56.2 Å². The molecule has 0 spiro atoms. The van der Waals surface area contributed by atoms with Crippen LogP contribution in [0.4, 0.5) is 10.1 Å². The Morgan fingerprint density at radius 1 is 1.09 bits per heavy atom. The van der Waals surface area contributed by atoms with Gasteiger partial charge in [0.25, 0.3) is 0 Å². The van der Waals surface area contributed by atoms with Crippen molar-refractivity contribution >= 4 is 16.6 Å². The summed E-state index contributed by atoms with van der Waals surface area (Å²) < 4.78 is 13.3. The Bertz CT molecular complexity index is 842. The molecule has 0 aliphatic carbocycles. The molecule has 1 aliphatic heterocycles. The van der Waals surface area contributed by atoms with Gasteiger partial charge in [0.1, 0.15) is 5.82 Å². The van der Waals surface area contributed by atoms with E-state index < -0.39 is 0 Å². The SMILES string of the molecule is C[C@@H]1CCCN1c1cc2ccccc2nc1-c1ccc(F)cc1. The van der Waals surface area contributed by atoms with Crippen LogP contribution in [0.1, 0.15) is 19.8 Å². The van der Waals surface area contributed by atoms with Gasteiger partial charge in [-0.3, -0.25) is 0 Å². The van der Waals surface area contributed by atoms with E-state index in [1.165, 1.54) is 25.0 Å². The van der Waals surface area contributed by atoms with E-state index in [2.05, 4.69) is 24.0 Å². The monoisotopic (exact) mass is 306 g/mol. The second-order valence-electron chi connectivity index (χ2n) is 6.24. The van der Waals surface area contributed by atoms with E-state index in [9.17, 15) is 4.39 Å². The van der Waals surface area contributed by atoms with Crippen molar-refractivity contribution in [3.05, 3.63) is 60.4 Å². The molecule has 3 aromatic rings. The fraction of sp³-hybridized carbons (Fsp3) is 0.250. The van der Waals surface area contributed by atoms with E-state index in [0.717, 1.165) is 34.4 Å². The molecule has 1 saturated heterocycles. The maximum absolute atomic E-state index is 13.3. The molecule has 2 aromatic carbocycles. The Hall–Kier alpha value is -2.42. The Morgan fingerprint density at radius 3 is 2.61 bits per heavy atom. The summed E-state index contributed by atoms with van der Waals surface area (Å²) in [5, 5.41) is 1.15. The highest BCUT2D eigenvalue weighted by Crippen LogP contribution is 2.36. The largest absolute Gasteiger partial charge is 0.367 e. The zero-order chi connectivity index (χ0) is 15.8. The van der Waals surface area contributed by atoms with Crippen LogP contribution in [0, 0.1) is 5.82 Å². The predicted octanol–water partition coefficient (Wildman–Crippen LogP) is 5.03. The summed E-state index contributed by atoms with van der Waals surface area (Å²) in [5.74, 6) is -0.217. The molecule has 0 radical (unpaired) electrons. The number of para-hydroxylation sites is 1. The summed E-state index contributed by atoms with van der Waals surface area (Å²) in [7, 11) is 0. The third-order valence-electron chi connectivity index (χ3n) is 4.68. The molecule has 23 heavy (non-hydrogen) atoms. The summed E-state index contributed by atoms with van der Waals surface area (Å²) in [6, 6.07) is 17.5. The van der Waals surface area contributed by atoms with Gasteiger partial charge in [-0.25, -0.2) is 9.37 Å². The van der Waals surface area contributed by atoms with Crippen molar-refractivity contribution in [2.24, 2.45) is 0 Å². The first-order valence-electron chi connectivity index (χ1n) is 8.15. The number of aromatic nitrogens is 1. The van der Waals surface area contributed by atoms with Crippen LogP contribution in [0.3, 0.4) is 0 Å². The number of halogens is 1. The fourth-order valence-electron chi connectivity index (χ4n) is 3.44. The van der Waals surface area contributed by atoms with E-state index in [1.54, 1.807) is 0 Å². The molecule has 2 heterocycles. The normalized spacial score (nSPS) is 17.8. The molecule has 0 bridgehead atoms. The Labute approximate surface area is 135 Å². The summed E-state index contributed by atoms with van der Waals surface area (Å²) in [6.45, 7) is 3.31. The van der Waals surface area contributed by atoms with Crippen molar-refractivity contribution in [2.45, 2.75) is 25.8 Å².